The molecule has 2 unspecified atom stereocenters. The molecule has 2 N–H and O–H groups in total. The van der Waals surface area contributed by atoms with Crippen LogP contribution in [-0.2, 0) is 22.3 Å². The Morgan fingerprint density at radius 3 is 2.21 bits per heavy atom. The lowest BCUT2D eigenvalue weighted by atomic mass is 9.85. The van der Waals surface area contributed by atoms with Gasteiger partial charge in [0.05, 0.1) is 12.1 Å². The summed E-state index contributed by atoms with van der Waals surface area (Å²) in [6.45, 7) is 1.85. The molecule has 1 aliphatic rings. The van der Waals surface area contributed by atoms with Gasteiger partial charge in [0.1, 0.15) is 5.75 Å². The Hall–Kier alpha value is -4.06. The molecule has 1 saturated heterocycles. The lowest BCUT2D eigenvalue weighted by Crippen LogP contribution is -2.51. The quantitative estimate of drug-likeness (QED) is 0.320. The van der Waals surface area contributed by atoms with Crippen LogP contribution in [0.5, 0.6) is 5.75 Å². The summed E-state index contributed by atoms with van der Waals surface area (Å²) in [6, 6.07) is 17.5. The van der Waals surface area contributed by atoms with E-state index in [0.29, 0.717) is 30.6 Å². The number of carbonyl (C=O) groups is 2. The minimum Gasteiger partial charge on any atom is -0.405 e. The lowest BCUT2D eigenvalue weighted by Gasteiger charge is -2.39. The molecule has 2 amide bonds. The highest BCUT2D eigenvalue weighted by molar-refractivity contribution is 5.83. The van der Waals surface area contributed by atoms with Crippen LogP contribution in [0.1, 0.15) is 36.0 Å². The van der Waals surface area contributed by atoms with Crippen molar-refractivity contribution >= 4 is 11.8 Å². The van der Waals surface area contributed by atoms with Crippen molar-refractivity contribution < 1.29 is 40.7 Å². The second kappa shape index (κ2) is 12.8. The first kappa shape index (κ1) is 30.9. The number of halogens is 6. The number of rotatable bonds is 8. The average molecular weight is 594 g/mol. The largest absolute Gasteiger partial charge is 0.573 e. The fraction of sp³-hybridized carbons (Fsp3) is 0.333. The van der Waals surface area contributed by atoms with E-state index < -0.39 is 23.9 Å². The van der Waals surface area contributed by atoms with Crippen LogP contribution in [0.4, 0.5) is 26.3 Å². The van der Waals surface area contributed by atoms with Crippen LogP contribution in [0.15, 0.2) is 72.8 Å². The van der Waals surface area contributed by atoms with E-state index in [-0.39, 0.29) is 42.4 Å². The van der Waals surface area contributed by atoms with Gasteiger partial charge in [-0.2, -0.15) is 13.2 Å². The van der Waals surface area contributed by atoms with Crippen LogP contribution in [-0.4, -0.2) is 48.8 Å². The fourth-order valence-corrected chi connectivity index (χ4v) is 4.99. The number of ether oxygens (including phenoxy) is 1. The number of carbonyl (C=O) groups excluding carboxylic acids is 2. The SMILES string of the molecule is CC(=O)NCC(=O)N1CCC(NCc2cc(-c3ccc(C(F)(F)F)cc3)ccc2OC(F)(F)F)C(c2ccccc2)C1. The van der Waals surface area contributed by atoms with Gasteiger partial charge in [-0.15, -0.1) is 13.2 Å². The molecule has 0 aromatic heterocycles. The van der Waals surface area contributed by atoms with Gasteiger partial charge < -0.3 is 20.3 Å². The first-order chi connectivity index (χ1) is 19.8. The summed E-state index contributed by atoms with van der Waals surface area (Å²) in [7, 11) is 0. The Kier molecular flexibility index (Phi) is 9.45. The highest BCUT2D eigenvalue weighted by atomic mass is 19.4. The molecule has 2 atom stereocenters. The fourth-order valence-electron chi connectivity index (χ4n) is 4.99. The third-order valence-corrected chi connectivity index (χ3v) is 7.07. The van der Waals surface area contributed by atoms with Crippen molar-refractivity contribution in [3.8, 4) is 16.9 Å². The molecule has 1 fully saturated rings. The molecule has 0 bridgehead atoms. The van der Waals surface area contributed by atoms with E-state index in [1.165, 1.54) is 31.2 Å². The number of hydrogen-bond acceptors (Lipinski definition) is 4. The van der Waals surface area contributed by atoms with Crippen LogP contribution < -0.4 is 15.4 Å². The second-order valence-corrected chi connectivity index (χ2v) is 9.99. The Morgan fingerprint density at radius 1 is 0.929 bits per heavy atom. The molecule has 0 radical (unpaired) electrons. The maximum Gasteiger partial charge on any atom is 0.573 e. The zero-order valence-corrected chi connectivity index (χ0v) is 22.6. The molecule has 0 aliphatic carbocycles. The molecule has 3 aromatic carbocycles. The minimum absolute atomic E-state index is 0.0340. The number of alkyl halides is 6. The summed E-state index contributed by atoms with van der Waals surface area (Å²) in [6.07, 6.45) is -8.98. The van der Waals surface area contributed by atoms with Crippen LogP contribution in [0.3, 0.4) is 0 Å². The van der Waals surface area contributed by atoms with Crippen LogP contribution in [0, 0.1) is 0 Å². The summed E-state index contributed by atoms with van der Waals surface area (Å²) in [5, 5.41) is 5.83. The van der Waals surface area contributed by atoms with E-state index in [9.17, 15) is 35.9 Å². The highest BCUT2D eigenvalue weighted by Gasteiger charge is 2.34. The summed E-state index contributed by atoms with van der Waals surface area (Å²) < 4.78 is 82.8. The van der Waals surface area contributed by atoms with E-state index in [2.05, 4.69) is 15.4 Å². The van der Waals surface area contributed by atoms with E-state index in [1.54, 1.807) is 4.90 Å². The van der Waals surface area contributed by atoms with Crippen molar-refractivity contribution in [2.45, 2.75) is 44.4 Å². The van der Waals surface area contributed by atoms with Gasteiger partial charge in [-0.1, -0.05) is 48.5 Å². The van der Waals surface area contributed by atoms with Gasteiger partial charge in [0.25, 0.3) is 0 Å². The van der Waals surface area contributed by atoms with Crippen LogP contribution in [0.25, 0.3) is 11.1 Å². The van der Waals surface area contributed by atoms with E-state index in [0.717, 1.165) is 23.8 Å². The number of nitrogens with zero attached hydrogens (tertiary/aromatic N) is 1. The van der Waals surface area contributed by atoms with Crippen molar-refractivity contribution in [1.29, 1.82) is 0 Å². The smallest absolute Gasteiger partial charge is 0.405 e. The Labute approximate surface area is 238 Å². The summed E-state index contributed by atoms with van der Waals surface area (Å²) in [5.74, 6) is -1.19. The van der Waals surface area contributed by atoms with Crippen molar-refractivity contribution in [3.63, 3.8) is 0 Å². The molecule has 3 aromatic rings. The van der Waals surface area contributed by atoms with Crippen LogP contribution >= 0.6 is 0 Å². The number of hydrogen-bond donors (Lipinski definition) is 2. The predicted octanol–water partition coefficient (Wildman–Crippen LogP) is 5.88. The maximum atomic E-state index is 13.2. The molecule has 1 heterocycles. The average Bonchev–Trinajstić information content (AvgIpc) is 2.94. The summed E-state index contributed by atoms with van der Waals surface area (Å²) in [5.41, 5.74) is 1.08. The van der Waals surface area contributed by atoms with Crippen molar-refractivity contribution in [1.82, 2.24) is 15.5 Å². The molecule has 0 saturated carbocycles. The third-order valence-electron chi connectivity index (χ3n) is 7.07. The standard InChI is InChI=1S/C30H29F6N3O3/c1-19(40)37-17-28(41)39-14-13-26(25(18-39)21-5-3-2-4-6-21)38-16-23-15-22(9-12-27(23)42-30(34,35)36)20-7-10-24(11-8-20)29(31,32)33/h2-12,15,25-26,38H,13-14,16-18H2,1H3,(H,37,40). The highest BCUT2D eigenvalue weighted by Crippen LogP contribution is 2.34. The first-order valence-electron chi connectivity index (χ1n) is 13.2. The molecular formula is C30H29F6N3O3. The number of piperidine rings is 1. The molecule has 12 heteroatoms. The third kappa shape index (κ3) is 8.25. The predicted molar refractivity (Wildman–Crippen MR) is 143 cm³/mol. The minimum atomic E-state index is -4.95. The normalized spacial score (nSPS) is 17.5. The maximum absolute atomic E-state index is 13.2. The van der Waals surface area contributed by atoms with Crippen molar-refractivity contribution in [3.05, 3.63) is 89.5 Å². The van der Waals surface area contributed by atoms with Gasteiger partial charge in [-0.25, -0.2) is 0 Å². The van der Waals surface area contributed by atoms with E-state index >= 15 is 0 Å². The van der Waals surface area contributed by atoms with Gasteiger partial charge in [-0.05, 0) is 47.4 Å². The number of likely N-dealkylation sites (tertiary alicyclic amines) is 1. The second-order valence-electron chi connectivity index (χ2n) is 9.99. The van der Waals surface area contributed by atoms with E-state index in [4.69, 9.17) is 0 Å². The van der Waals surface area contributed by atoms with Gasteiger partial charge >= 0.3 is 12.5 Å². The van der Waals surface area contributed by atoms with Gasteiger partial charge in [0, 0.05) is 44.1 Å². The van der Waals surface area contributed by atoms with Gasteiger partial charge in [-0.3, -0.25) is 9.59 Å². The van der Waals surface area contributed by atoms with Crippen LogP contribution in [0.2, 0.25) is 0 Å². The van der Waals surface area contributed by atoms with Crippen molar-refractivity contribution in [2.75, 3.05) is 19.6 Å². The van der Waals surface area contributed by atoms with E-state index in [1.807, 2.05) is 30.3 Å². The van der Waals surface area contributed by atoms with Gasteiger partial charge in [0.15, 0.2) is 0 Å². The molecule has 42 heavy (non-hydrogen) atoms. The van der Waals surface area contributed by atoms with Crippen molar-refractivity contribution in [2.24, 2.45) is 0 Å². The molecule has 6 nitrogen and oxygen atoms in total. The first-order valence-corrected chi connectivity index (χ1v) is 13.2. The molecule has 0 spiro atoms. The number of amides is 2. The Bertz CT molecular complexity index is 1380. The number of benzene rings is 3. The topological polar surface area (TPSA) is 70.7 Å². The molecular weight excluding hydrogens is 564 g/mol. The zero-order chi connectivity index (χ0) is 30.5. The summed E-state index contributed by atoms with van der Waals surface area (Å²) >= 11 is 0. The monoisotopic (exact) mass is 593 g/mol. The zero-order valence-electron chi connectivity index (χ0n) is 22.6. The Balaban J connectivity index is 1.57. The molecule has 1 aliphatic heterocycles. The molecule has 224 valence electrons. The lowest BCUT2D eigenvalue weighted by molar-refractivity contribution is -0.274. The molecule has 4 rings (SSSR count). The Morgan fingerprint density at radius 2 is 1.60 bits per heavy atom. The van der Waals surface area contributed by atoms with Gasteiger partial charge in [0.2, 0.25) is 11.8 Å². The summed E-state index contributed by atoms with van der Waals surface area (Å²) in [4.78, 5) is 25.6. The number of nitrogens with one attached hydrogen (secondary N) is 2.